The third kappa shape index (κ3) is 8.21. The van der Waals surface area contributed by atoms with Crippen molar-refractivity contribution in [1.29, 1.82) is 0 Å². The molecule has 5 heterocycles. The Morgan fingerprint density at radius 1 is 0.364 bits per heavy atom. The second-order valence-corrected chi connectivity index (χ2v) is 8.02. The lowest BCUT2D eigenvalue weighted by atomic mass is 10.1. The third-order valence-electron chi connectivity index (χ3n) is 5.49. The molecule has 0 aliphatic carbocycles. The van der Waals surface area contributed by atoms with Crippen LogP contribution >= 0.6 is 0 Å². The molecule has 0 spiro atoms. The Kier molecular flexibility index (Phi) is 9.18. The Morgan fingerprint density at radius 3 is 1.09 bits per heavy atom. The van der Waals surface area contributed by atoms with E-state index in [4.69, 9.17) is 23.7 Å². The van der Waals surface area contributed by atoms with Crippen molar-refractivity contribution < 1.29 is 23.7 Å². The van der Waals surface area contributed by atoms with Crippen molar-refractivity contribution in [3.63, 3.8) is 0 Å². The first-order valence-electron chi connectivity index (χ1n) is 11.6. The monoisotopic (exact) mass is 448 g/mol. The molecule has 174 valence electrons. The van der Waals surface area contributed by atoms with Gasteiger partial charge in [0, 0.05) is 0 Å². The quantitative estimate of drug-likeness (QED) is 0.485. The Hall–Kier alpha value is -2.86. The van der Waals surface area contributed by atoms with Crippen LogP contribution in [0.5, 0.6) is 11.5 Å². The van der Waals surface area contributed by atoms with Gasteiger partial charge >= 0.3 is 0 Å². The molecule has 3 aromatic rings. The fraction of sp³-hybridized carbons (Fsp3) is 0.357. The lowest BCUT2D eigenvalue weighted by molar-refractivity contribution is 0.0156. The zero-order valence-corrected chi connectivity index (χ0v) is 19.0. The van der Waals surface area contributed by atoms with Gasteiger partial charge in [-0.15, -0.1) is 0 Å². The number of fused-ring (bicyclic) bond motifs is 1. The molecule has 5 aliphatic rings. The zero-order valence-electron chi connectivity index (χ0n) is 19.0. The second kappa shape index (κ2) is 13.0. The van der Waals surface area contributed by atoms with E-state index in [-0.39, 0.29) is 0 Å². The topological polar surface area (TPSA) is 46.2 Å². The lowest BCUT2D eigenvalue weighted by Gasteiger charge is -2.10. The first-order valence-corrected chi connectivity index (χ1v) is 11.6. The Labute approximate surface area is 196 Å². The van der Waals surface area contributed by atoms with Crippen LogP contribution in [-0.4, -0.2) is 39.6 Å². The molecule has 8 rings (SSSR count). The molecule has 5 nitrogen and oxygen atoms in total. The minimum absolute atomic E-state index is 0.536. The summed E-state index contributed by atoms with van der Waals surface area (Å²) in [6.07, 6.45) is 1.74. The average molecular weight is 449 g/mol. The molecule has 0 saturated heterocycles. The normalized spacial score (nSPS) is 16.6. The van der Waals surface area contributed by atoms with Gasteiger partial charge < -0.3 is 23.7 Å². The summed E-state index contributed by atoms with van der Waals surface area (Å²) in [6, 6.07) is 24.8. The molecule has 0 atom stereocenters. The SMILES string of the molecule is c1cc2ccc1CCOCCOCCOCCc1ccc(cc1)OCc1ccc(cc1)CO2. The standard InChI is InChI=1S/C28H32O5/c1-2-26-4-3-25(1)21-32-27-9-5-23(6-10-27)13-15-29-17-19-31-20-18-30-16-14-24-7-11-28(12-8-24)33-22-26/h1-12H,13-22H2. The summed E-state index contributed by atoms with van der Waals surface area (Å²) in [5, 5.41) is 0. The van der Waals surface area contributed by atoms with Crippen molar-refractivity contribution >= 4 is 0 Å². The molecule has 0 amide bonds. The van der Waals surface area contributed by atoms with Crippen LogP contribution in [0.15, 0.2) is 72.8 Å². The fourth-order valence-electron chi connectivity index (χ4n) is 3.49. The minimum atomic E-state index is 0.536. The van der Waals surface area contributed by atoms with Crippen molar-refractivity contribution in [3.8, 4) is 11.5 Å². The molecule has 0 N–H and O–H groups in total. The van der Waals surface area contributed by atoms with Crippen molar-refractivity contribution in [2.24, 2.45) is 0 Å². The maximum absolute atomic E-state index is 5.93. The molecule has 5 aliphatic heterocycles. The summed E-state index contributed by atoms with van der Waals surface area (Å²) < 4.78 is 28.8. The highest BCUT2D eigenvalue weighted by Crippen LogP contribution is 2.17. The van der Waals surface area contributed by atoms with Crippen LogP contribution in [0.4, 0.5) is 0 Å². The number of rotatable bonds is 0. The Morgan fingerprint density at radius 2 is 0.697 bits per heavy atom. The first kappa shape index (κ1) is 23.3. The van der Waals surface area contributed by atoms with Gasteiger partial charge in [0.2, 0.25) is 0 Å². The van der Waals surface area contributed by atoms with Crippen LogP contribution in [-0.2, 0) is 40.3 Å². The molecular weight excluding hydrogens is 416 g/mol. The second-order valence-electron chi connectivity index (χ2n) is 8.02. The van der Waals surface area contributed by atoms with Crippen molar-refractivity contribution in [2.75, 3.05) is 39.6 Å². The van der Waals surface area contributed by atoms with Crippen LogP contribution in [0.1, 0.15) is 22.3 Å². The van der Waals surface area contributed by atoms with Crippen LogP contribution in [0.3, 0.4) is 0 Å². The lowest BCUT2D eigenvalue weighted by Crippen LogP contribution is -2.11. The van der Waals surface area contributed by atoms with Gasteiger partial charge in [-0.3, -0.25) is 0 Å². The van der Waals surface area contributed by atoms with Gasteiger partial charge in [0.05, 0.1) is 39.6 Å². The van der Waals surface area contributed by atoms with Crippen LogP contribution in [0.2, 0.25) is 0 Å². The molecule has 0 radical (unpaired) electrons. The van der Waals surface area contributed by atoms with Gasteiger partial charge in [-0.1, -0.05) is 48.5 Å². The first-order chi connectivity index (χ1) is 16.3. The molecule has 0 fully saturated rings. The fourth-order valence-corrected chi connectivity index (χ4v) is 3.49. The highest BCUT2D eigenvalue weighted by molar-refractivity contribution is 5.30. The van der Waals surface area contributed by atoms with Gasteiger partial charge in [0.1, 0.15) is 24.7 Å². The summed E-state index contributed by atoms with van der Waals surface area (Å²) in [5.41, 5.74) is 4.71. The Bertz CT molecular complexity index is 857. The van der Waals surface area contributed by atoms with E-state index in [1.54, 1.807) is 0 Å². The predicted octanol–water partition coefficient (Wildman–Crippen LogP) is 4.99. The van der Waals surface area contributed by atoms with E-state index < -0.39 is 0 Å². The molecule has 0 saturated carbocycles. The zero-order chi connectivity index (χ0) is 22.6. The summed E-state index contributed by atoms with van der Waals surface area (Å²) in [7, 11) is 0. The van der Waals surface area contributed by atoms with E-state index in [1.807, 2.05) is 24.3 Å². The number of hydrogen-bond acceptors (Lipinski definition) is 5. The summed E-state index contributed by atoms with van der Waals surface area (Å²) >= 11 is 0. The van der Waals surface area contributed by atoms with E-state index in [0.717, 1.165) is 35.5 Å². The highest BCUT2D eigenvalue weighted by Gasteiger charge is 2.02. The van der Waals surface area contributed by atoms with Crippen LogP contribution < -0.4 is 9.47 Å². The largest absolute Gasteiger partial charge is 0.489 e. The number of ether oxygens (including phenoxy) is 5. The number of benzene rings is 3. The minimum Gasteiger partial charge on any atom is -0.489 e. The van der Waals surface area contributed by atoms with E-state index >= 15 is 0 Å². The molecular formula is C28H32O5. The van der Waals surface area contributed by atoms with E-state index in [9.17, 15) is 0 Å². The van der Waals surface area contributed by atoms with E-state index in [1.165, 1.54) is 11.1 Å². The van der Waals surface area contributed by atoms with Crippen molar-refractivity contribution in [1.82, 2.24) is 0 Å². The maximum atomic E-state index is 5.93. The van der Waals surface area contributed by atoms with Gasteiger partial charge in [0.15, 0.2) is 0 Å². The van der Waals surface area contributed by atoms with Crippen LogP contribution in [0, 0.1) is 0 Å². The van der Waals surface area contributed by atoms with Gasteiger partial charge in [-0.25, -0.2) is 0 Å². The van der Waals surface area contributed by atoms with Crippen molar-refractivity contribution in [3.05, 3.63) is 95.1 Å². The van der Waals surface area contributed by atoms with E-state index in [2.05, 4.69) is 48.5 Å². The molecule has 6 bridgehead atoms. The molecule has 0 unspecified atom stereocenters. The summed E-state index contributed by atoms with van der Waals surface area (Å²) in [6.45, 7) is 4.77. The van der Waals surface area contributed by atoms with Gasteiger partial charge in [-0.05, 0) is 59.4 Å². The van der Waals surface area contributed by atoms with E-state index in [0.29, 0.717) is 52.9 Å². The number of hydrogen-bond donors (Lipinski definition) is 0. The third-order valence-corrected chi connectivity index (χ3v) is 5.49. The summed E-state index contributed by atoms with van der Waals surface area (Å²) in [5.74, 6) is 1.73. The molecule has 5 heteroatoms. The summed E-state index contributed by atoms with van der Waals surface area (Å²) in [4.78, 5) is 0. The smallest absolute Gasteiger partial charge is 0.119 e. The van der Waals surface area contributed by atoms with Crippen molar-refractivity contribution in [2.45, 2.75) is 26.1 Å². The molecule has 3 aromatic carbocycles. The van der Waals surface area contributed by atoms with Gasteiger partial charge in [-0.2, -0.15) is 0 Å². The van der Waals surface area contributed by atoms with Crippen LogP contribution in [0.25, 0.3) is 0 Å². The molecule has 33 heavy (non-hydrogen) atoms. The Balaban J connectivity index is 1.34. The average Bonchev–Trinajstić information content (AvgIpc) is 2.86. The molecule has 0 aromatic heterocycles. The maximum Gasteiger partial charge on any atom is 0.119 e. The van der Waals surface area contributed by atoms with Gasteiger partial charge in [0.25, 0.3) is 0 Å². The predicted molar refractivity (Wildman–Crippen MR) is 128 cm³/mol. The highest BCUT2D eigenvalue weighted by atomic mass is 16.5.